The van der Waals surface area contributed by atoms with Crippen LogP contribution in [0.15, 0.2) is 23.1 Å². The fourth-order valence-corrected chi connectivity index (χ4v) is 3.34. The summed E-state index contributed by atoms with van der Waals surface area (Å²) >= 11 is 0. The van der Waals surface area contributed by atoms with E-state index < -0.39 is 15.6 Å². The maximum atomic E-state index is 12.3. The summed E-state index contributed by atoms with van der Waals surface area (Å²) in [7, 11) is -3.55. The highest BCUT2D eigenvalue weighted by atomic mass is 32.2. The Bertz CT molecular complexity index is 596. The van der Waals surface area contributed by atoms with Crippen LogP contribution in [0, 0.1) is 18.3 Å². The third-order valence-electron chi connectivity index (χ3n) is 3.57. The van der Waals surface area contributed by atoms with Gasteiger partial charge in [0.2, 0.25) is 10.0 Å². The van der Waals surface area contributed by atoms with Crippen LogP contribution >= 0.6 is 0 Å². The van der Waals surface area contributed by atoms with E-state index in [1.807, 2.05) is 26.8 Å². The van der Waals surface area contributed by atoms with Gasteiger partial charge in [0, 0.05) is 5.54 Å². The highest BCUT2D eigenvalue weighted by Crippen LogP contribution is 2.20. The van der Waals surface area contributed by atoms with Crippen molar-refractivity contribution in [3.8, 4) is 6.07 Å². The molecule has 0 radical (unpaired) electrons. The Morgan fingerprint density at radius 3 is 2.32 bits per heavy atom. The van der Waals surface area contributed by atoms with Gasteiger partial charge in [-0.1, -0.05) is 13.8 Å². The Morgan fingerprint density at radius 2 is 1.89 bits per heavy atom. The number of benzene rings is 1. The van der Waals surface area contributed by atoms with Gasteiger partial charge in [-0.3, -0.25) is 0 Å². The van der Waals surface area contributed by atoms with E-state index in [1.165, 1.54) is 12.1 Å². The van der Waals surface area contributed by atoms with E-state index in [0.717, 1.165) is 12.8 Å². The maximum absolute atomic E-state index is 12.3. The quantitative estimate of drug-likeness (QED) is 0.901. The van der Waals surface area contributed by atoms with E-state index in [-0.39, 0.29) is 4.90 Å². The molecule has 0 aliphatic carbocycles. The average molecular weight is 280 g/mol. The SMILES string of the molecule is CCC(C)(CC)NS(=O)(=O)c1ccc(C#N)c(C)c1. The van der Waals surface area contributed by atoms with Gasteiger partial charge in [-0.2, -0.15) is 5.26 Å². The molecule has 1 aromatic rings. The summed E-state index contributed by atoms with van der Waals surface area (Å²) in [5.41, 5.74) is 0.716. The molecular weight excluding hydrogens is 260 g/mol. The zero-order valence-electron chi connectivity index (χ0n) is 11.8. The Kier molecular flexibility index (Phi) is 4.72. The smallest absolute Gasteiger partial charge is 0.207 e. The zero-order chi connectivity index (χ0) is 14.7. The summed E-state index contributed by atoms with van der Waals surface area (Å²) in [6, 6.07) is 6.58. The Labute approximate surface area is 115 Å². The number of hydrogen-bond acceptors (Lipinski definition) is 3. The number of rotatable bonds is 5. The molecule has 0 spiro atoms. The normalized spacial score (nSPS) is 12.2. The van der Waals surface area contributed by atoms with Gasteiger partial charge in [0.05, 0.1) is 16.5 Å². The lowest BCUT2D eigenvalue weighted by Crippen LogP contribution is -2.44. The monoisotopic (exact) mass is 280 g/mol. The van der Waals surface area contributed by atoms with Gasteiger partial charge >= 0.3 is 0 Å². The van der Waals surface area contributed by atoms with E-state index in [9.17, 15) is 8.42 Å². The first kappa shape index (κ1) is 15.7. The van der Waals surface area contributed by atoms with Crippen LogP contribution in [0.25, 0.3) is 0 Å². The fraction of sp³-hybridized carbons (Fsp3) is 0.500. The van der Waals surface area contributed by atoms with Crippen LogP contribution < -0.4 is 4.72 Å². The van der Waals surface area contributed by atoms with Crippen LogP contribution in [0.3, 0.4) is 0 Å². The molecule has 5 heteroatoms. The predicted molar refractivity (Wildman–Crippen MR) is 75.2 cm³/mol. The second kappa shape index (κ2) is 5.72. The minimum absolute atomic E-state index is 0.206. The molecule has 4 nitrogen and oxygen atoms in total. The molecule has 0 bridgehead atoms. The van der Waals surface area contributed by atoms with Gasteiger partial charge < -0.3 is 0 Å². The highest BCUT2D eigenvalue weighted by Gasteiger charge is 2.27. The molecule has 1 aromatic carbocycles. The molecule has 0 aromatic heterocycles. The van der Waals surface area contributed by atoms with Crippen LogP contribution in [0.2, 0.25) is 0 Å². The second-order valence-electron chi connectivity index (χ2n) is 4.96. The lowest BCUT2D eigenvalue weighted by molar-refractivity contribution is 0.388. The topological polar surface area (TPSA) is 70.0 Å². The molecule has 0 heterocycles. The van der Waals surface area contributed by atoms with Crippen LogP contribution in [0.5, 0.6) is 0 Å². The van der Waals surface area contributed by atoms with Crippen molar-refractivity contribution in [1.82, 2.24) is 4.72 Å². The van der Waals surface area contributed by atoms with Crippen LogP contribution in [-0.4, -0.2) is 14.0 Å². The predicted octanol–water partition coefficient (Wildman–Crippen LogP) is 2.72. The summed E-state index contributed by atoms with van der Waals surface area (Å²) in [5, 5.41) is 8.86. The van der Waals surface area contributed by atoms with Gasteiger partial charge in [0.15, 0.2) is 0 Å². The molecule has 104 valence electrons. The third-order valence-corrected chi connectivity index (χ3v) is 5.21. The lowest BCUT2D eigenvalue weighted by atomic mass is 9.98. The minimum atomic E-state index is -3.55. The standard InChI is InChI=1S/C14H20N2O2S/c1-5-14(4,6-2)16-19(17,18)13-8-7-12(10-15)11(3)9-13/h7-9,16H,5-6H2,1-4H3. The van der Waals surface area contributed by atoms with Crippen LogP contribution in [0.4, 0.5) is 0 Å². The van der Waals surface area contributed by atoms with Crippen molar-refractivity contribution >= 4 is 10.0 Å². The van der Waals surface area contributed by atoms with E-state index in [2.05, 4.69) is 4.72 Å². The van der Waals surface area contributed by atoms with Crippen molar-refractivity contribution < 1.29 is 8.42 Å². The van der Waals surface area contributed by atoms with Gasteiger partial charge in [-0.05, 0) is 50.5 Å². The average Bonchev–Trinajstić information content (AvgIpc) is 2.38. The second-order valence-corrected chi connectivity index (χ2v) is 6.64. The summed E-state index contributed by atoms with van der Waals surface area (Å²) in [6.45, 7) is 7.53. The molecule has 0 aliphatic rings. The molecule has 0 atom stereocenters. The Balaban J connectivity index is 3.15. The van der Waals surface area contributed by atoms with Crippen molar-refractivity contribution in [3.05, 3.63) is 29.3 Å². The molecule has 0 unspecified atom stereocenters. The summed E-state index contributed by atoms with van der Waals surface area (Å²) in [5.74, 6) is 0. The van der Waals surface area contributed by atoms with E-state index in [1.54, 1.807) is 13.0 Å². The Hall–Kier alpha value is -1.38. The van der Waals surface area contributed by atoms with Crippen molar-refractivity contribution in [2.75, 3.05) is 0 Å². The summed E-state index contributed by atoms with van der Waals surface area (Å²) < 4.78 is 27.4. The first-order chi connectivity index (χ1) is 8.78. The van der Waals surface area contributed by atoms with E-state index in [4.69, 9.17) is 5.26 Å². The molecule has 0 aliphatic heterocycles. The number of nitriles is 1. The van der Waals surface area contributed by atoms with Crippen LogP contribution in [0.1, 0.15) is 44.7 Å². The van der Waals surface area contributed by atoms with Crippen molar-refractivity contribution in [3.63, 3.8) is 0 Å². The zero-order valence-corrected chi connectivity index (χ0v) is 12.6. The Morgan fingerprint density at radius 1 is 1.32 bits per heavy atom. The van der Waals surface area contributed by atoms with Gasteiger partial charge in [0.1, 0.15) is 0 Å². The number of aryl methyl sites for hydroxylation is 1. The maximum Gasteiger partial charge on any atom is 0.241 e. The fourth-order valence-electron chi connectivity index (χ4n) is 1.71. The van der Waals surface area contributed by atoms with Gasteiger partial charge in [0.25, 0.3) is 0 Å². The minimum Gasteiger partial charge on any atom is -0.207 e. The number of hydrogen-bond donors (Lipinski definition) is 1. The first-order valence-corrected chi connectivity index (χ1v) is 7.81. The molecule has 0 saturated heterocycles. The molecule has 19 heavy (non-hydrogen) atoms. The lowest BCUT2D eigenvalue weighted by Gasteiger charge is -2.27. The molecule has 0 saturated carbocycles. The van der Waals surface area contributed by atoms with Gasteiger partial charge in [-0.15, -0.1) is 0 Å². The van der Waals surface area contributed by atoms with Crippen LogP contribution in [-0.2, 0) is 10.0 Å². The van der Waals surface area contributed by atoms with Crippen molar-refractivity contribution in [2.45, 2.75) is 51.0 Å². The van der Waals surface area contributed by atoms with Crippen molar-refractivity contribution in [1.29, 1.82) is 5.26 Å². The largest absolute Gasteiger partial charge is 0.241 e. The van der Waals surface area contributed by atoms with E-state index in [0.29, 0.717) is 11.1 Å². The van der Waals surface area contributed by atoms with Gasteiger partial charge in [-0.25, -0.2) is 13.1 Å². The first-order valence-electron chi connectivity index (χ1n) is 6.32. The van der Waals surface area contributed by atoms with Crippen molar-refractivity contribution in [2.24, 2.45) is 0 Å². The number of nitrogens with zero attached hydrogens (tertiary/aromatic N) is 1. The molecule has 0 fully saturated rings. The summed E-state index contributed by atoms with van der Waals surface area (Å²) in [4.78, 5) is 0.206. The number of sulfonamides is 1. The number of nitrogens with one attached hydrogen (secondary N) is 1. The molecular formula is C14H20N2O2S. The highest BCUT2D eigenvalue weighted by molar-refractivity contribution is 7.89. The van der Waals surface area contributed by atoms with E-state index >= 15 is 0 Å². The molecule has 1 rings (SSSR count). The molecule has 0 amide bonds. The molecule has 1 N–H and O–H groups in total. The summed E-state index contributed by atoms with van der Waals surface area (Å²) in [6.07, 6.45) is 1.44. The third kappa shape index (κ3) is 3.55.